The van der Waals surface area contributed by atoms with Crippen LogP contribution in [0, 0.1) is 0 Å². The highest BCUT2D eigenvalue weighted by molar-refractivity contribution is 6.30. The molecule has 20 heavy (non-hydrogen) atoms. The Kier molecular flexibility index (Phi) is 7.57. The maximum absolute atomic E-state index is 11.8. The number of hydrogen-bond donors (Lipinski definition) is 3. The lowest BCUT2D eigenvalue weighted by atomic mass is 9.91. The van der Waals surface area contributed by atoms with E-state index in [-0.39, 0.29) is 24.7 Å². The molecule has 0 aromatic heterocycles. The van der Waals surface area contributed by atoms with Gasteiger partial charge in [-0.2, -0.15) is 0 Å². The SMILES string of the molecule is CNCCC(=O)NC(C)(C(N)=O)c1cccc(Cl)c1.Cl. The number of halogens is 2. The minimum Gasteiger partial charge on any atom is -0.367 e. The number of nitrogens with one attached hydrogen (secondary N) is 2. The summed E-state index contributed by atoms with van der Waals surface area (Å²) in [5.41, 5.74) is 4.71. The van der Waals surface area contributed by atoms with E-state index in [2.05, 4.69) is 10.6 Å². The molecule has 5 nitrogen and oxygen atoms in total. The molecule has 0 spiro atoms. The molecule has 112 valence electrons. The van der Waals surface area contributed by atoms with Crippen molar-refractivity contribution in [3.05, 3.63) is 34.9 Å². The quantitative estimate of drug-likeness (QED) is 0.736. The van der Waals surface area contributed by atoms with Crippen LogP contribution >= 0.6 is 24.0 Å². The fraction of sp³-hybridized carbons (Fsp3) is 0.385. The molecular formula is C13H19Cl2N3O2. The fourth-order valence-corrected chi connectivity index (χ4v) is 1.85. The standard InChI is InChI=1S/C13H18ClN3O2.ClH/c1-13(12(15)19,17-11(18)6-7-16-2)9-4-3-5-10(14)8-9;/h3-5,8,16H,6-7H2,1-2H3,(H2,15,19)(H,17,18);1H. The number of rotatable bonds is 6. The molecule has 0 bridgehead atoms. The normalized spacial score (nSPS) is 12.9. The van der Waals surface area contributed by atoms with Crippen molar-refractivity contribution >= 4 is 35.8 Å². The van der Waals surface area contributed by atoms with Gasteiger partial charge in [0.25, 0.3) is 0 Å². The number of carbonyl (C=O) groups is 2. The summed E-state index contributed by atoms with van der Waals surface area (Å²) < 4.78 is 0. The summed E-state index contributed by atoms with van der Waals surface area (Å²) >= 11 is 5.90. The van der Waals surface area contributed by atoms with E-state index in [1.807, 2.05) is 0 Å². The van der Waals surface area contributed by atoms with Gasteiger partial charge in [0.15, 0.2) is 0 Å². The van der Waals surface area contributed by atoms with E-state index < -0.39 is 11.4 Å². The average molecular weight is 320 g/mol. The van der Waals surface area contributed by atoms with Crippen molar-refractivity contribution < 1.29 is 9.59 Å². The van der Waals surface area contributed by atoms with Gasteiger partial charge in [0, 0.05) is 18.0 Å². The first kappa shape index (κ1) is 18.7. The van der Waals surface area contributed by atoms with Crippen molar-refractivity contribution in [1.29, 1.82) is 0 Å². The average Bonchev–Trinajstić information content (AvgIpc) is 2.36. The zero-order valence-corrected chi connectivity index (χ0v) is 13.0. The second-order valence-corrected chi connectivity index (χ2v) is 4.84. The molecule has 0 heterocycles. The van der Waals surface area contributed by atoms with Crippen molar-refractivity contribution in [2.45, 2.75) is 18.9 Å². The minimum absolute atomic E-state index is 0. The molecular weight excluding hydrogens is 301 g/mol. The molecule has 0 radical (unpaired) electrons. The molecule has 7 heteroatoms. The number of benzene rings is 1. The summed E-state index contributed by atoms with van der Waals surface area (Å²) in [4.78, 5) is 23.5. The Morgan fingerprint density at radius 3 is 2.55 bits per heavy atom. The Morgan fingerprint density at radius 1 is 1.40 bits per heavy atom. The van der Waals surface area contributed by atoms with Gasteiger partial charge in [-0.05, 0) is 31.7 Å². The van der Waals surface area contributed by atoms with Crippen molar-refractivity contribution in [3.63, 3.8) is 0 Å². The number of primary amides is 1. The van der Waals surface area contributed by atoms with Crippen LogP contribution < -0.4 is 16.4 Å². The van der Waals surface area contributed by atoms with Gasteiger partial charge in [0.1, 0.15) is 5.54 Å². The number of carbonyl (C=O) groups excluding carboxylic acids is 2. The summed E-state index contributed by atoms with van der Waals surface area (Å²) in [6, 6.07) is 6.72. The van der Waals surface area contributed by atoms with E-state index in [1.165, 1.54) is 0 Å². The second-order valence-electron chi connectivity index (χ2n) is 4.40. The third kappa shape index (κ3) is 4.67. The van der Waals surface area contributed by atoms with E-state index >= 15 is 0 Å². The third-order valence-electron chi connectivity index (χ3n) is 2.89. The first-order chi connectivity index (χ1) is 8.90. The van der Waals surface area contributed by atoms with E-state index in [0.717, 1.165) is 0 Å². The molecule has 0 saturated carbocycles. The summed E-state index contributed by atoms with van der Waals surface area (Å²) in [7, 11) is 1.75. The Hall–Kier alpha value is -1.30. The predicted octanol–water partition coefficient (Wildman–Crippen LogP) is 1.19. The van der Waals surface area contributed by atoms with Crippen molar-refractivity contribution in [2.75, 3.05) is 13.6 Å². The van der Waals surface area contributed by atoms with Crippen LogP contribution in [0.5, 0.6) is 0 Å². The largest absolute Gasteiger partial charge is 0.367 e. The van der Waals surface area contributed by atoms with Crippen LogP contribution in [0.3, 0.4) is 0 Å². The van der Waals surface area contributed by atoms with Crippen molar-refractivity contribution in [3.8, 4) is 0 Å². The van der Waals surface area contributed by atoms with Gasteiger partial charge in [-0.3, -0.25) is 9.59 Å². The van der Waals surface area contributed by atoms with Gasteiger partial charge in [-0.15, -0.1) is 12.4 Å². The Morgan fingerprint density at radius 2 is 2.05 bits per heavy atom. The molecule has 2 amide bonds. The van der Waals surface area contributed by atoms with Crippen LogP contribution in [-0.2, 0) is 15.1 Å². The fourth-order valence-electron chi connectivity index (χ4n) is 1.66. The van der Waals surface area contributed by atoms with Crippen LogP contribution in [-0.4, -0.2) is 25.4 Å². The summed E-state index contributed by atoms with van der Waals surface area (Å²) in [5, 5.41) is 6.00. The zero-order chi connectivity index (χ0) is 14.5. The Labute approximate surface area is 129 Å². The first-order valence-electron chi connectivity index (χ1n) is 5.91. The minimum atomic E-state index is -1.27. The maximum Gasteiger partial charge on any atom is 0.247 e. The van der Waals surface area contributed by atoms with Crippen molar-refractivity contribution in [1.82, 2.24) is 10.6 Å². The molecule has 1 aromatic carbocycles. The van der Waals surface area contributed by atoms with Crippen LogP contribution in [0.2, 0.25) is 5.02 Å². The summed E-state index contributed by atoms with van der Waals surface area (Å²) in [6.45, 7) is 2.09. The third-order valence-corrected chi connectivity index (χ3v) is 3.12. The van der Waals surface area contributed by atoms with E-state index in [9.17, 15) is 9.59 Å². The molecule has 1 aromatic rings. The van der Waals surface area contributed by atoms with E-state index in [0.29, 0.717) is 17.1 Å². The number of amides is 2. The summed E-state index contributed by atoms with van der Waals surface area (Å²) in [5.74, 6) is -0.886. The van der Waals surface area contributed by atoms with Crippen LogP contribution in [0.15, 0.2) is 24.3 Å². The molecule has 1 rings (SSSR count). The highest BCUT2D eigenvalue weighted by Gasteiger charge is 2.34. The lowest BCUT2D eigenvalue weighted by molar-refractivity contribution is -0.131. The molecule has 1 unspecified atom stereocenters. The lowest BCUT2D eigenvalue weighted by Gasteiger charge is -2.28. The van der Waals surface area contributed by atoms with Crippen LogP contribution in [0.4, 0.5) is 0 Å². The topological polar surface area (TPSA) is 84.2 Å². The van der Waals surface area contributed by atoms with Crippen molar-refractivity contribution in [2.24, 2.45) is 5.73 Å². The molecule has 0 fully saturated rings. The molecule has 4 N–H and O–H groups in total. The lowest BCUT2D eigenvalue weighted by Crippen LogP contribution is -2.53. The van der Waals surface area contributed by atoms with E-state index in [1.54, 1.807) is 38.2 Å². The van der Waals surface area contributed by atoms with Crippen LogP contribution in [0.1, 0.15) is 18.9 Å². The molecule has 0 saturated heterocycles. The maximum atomic E-state index is 11.8. The van der Waals surface area contributed by atoms with Gasteiger partial charge in [-0.1, -0.05) is 23.7 Å². The smallest absolute Gasteiger partial charge is 0.247 e. The van der Waals surface area contributed by atoms with Crippen LogP contribution in [0.25, 0.3) is 0 Å². The Bertz CT molecular complexity index is 482. The number of nitrogens with two attached hydrogens (primary N) is 1. The molecule has 1 atom stereocenters. The molecule has 0 aliphatic rings. The second kappa shape index (κ2) is 8.09. The highest BCUT2D eigenvalue weighted by Crippen LogP contribution is 2.23. The van der Waals surface area contributed by atoms with Gasteiger partial charge in [0.05, 0.1) is 0 Å². The van der Waals surface area contributed by atoms with Gasteiger partial charge >= 0.3 is 0 Å². The first-order valence-corrected chi connectivity index (χ1v) is 6.29. The van der Waals surface area contributed by atoms with Gasteiger partial charge in [-0.25, -0.2) is 0 Å². The molecule has 0 aliphatic heterocycles. The Balaban J connectivity index is 0.00000361. The van der Waals surface area contributed by atoms with Gasteiger partial charge < -0.3 is 16.4 Å². The number of hydrogen-bond acceptors (Lipinski definition) is 3. The predicted molar refractivity (Wildman–Crippen MR) is 81.9 cm³/mol. The summed E-state index contributed by atoms with van der Waals surface area (Å²) in [6.07, 6.45) is 0.264. The highest BCUT2D eigenvalue weighted by atomic mass is 35.5. The zero-order valence-electron chi connectivity index (χ0n) is 11.4. The van der Waals surface area contributed by atoms with Gasteiger partial charge in [0.2, 0.25) is 11.8 Å². The molecule has 0 aliphatic carbocycles. The van der Waals surface area contributed by atoms with E-state index in [4.69, 9.17) is 17.3 Å². The monoisotopic (exact) mass is 319 g/mol.